The molecular formula is C15H18N6OS. The van der Waals surface area contributed by atoms with Gasteiger partial charge in [0.15, 0.2) is 0 Å². The highest BCUT2D eigenvalue weighted by Gasteiger charge is 2.35. The van der Waals surface area contributed by atoms with Gasteiger partial charge in [-0.3, -0.25) is 10.2 Å². The zero-order valence-electron chi connectivity index (χ0n) is 13.2. The highest BCUT2D eigenvalue weighted by Crippen LogP contribution is 2.45. The van der Waals surface area contributed by atoms with Gasteiger partial charge in [0.25, 0.3) is 0 Å². The molecule has 2 aliphatic rings. The minimum absolute atomic E-state index is 0.0268. The zero-order valence-corrected chi connectivity index (χ0v) is 14.0. The lowest BCUT2D eigenvalue weighted by Crippen LogP contribution is -2.59. The molecule has 3 rings (SSSR count). The normalized spacial score (nSPS) is 19.3. The van der Waals surface area contributed by atoms with E-state index in [0.717, 1.165) is 27.6 Å². The summed E-state index contributed by atoms with van der Waals surface area (Å²) in [6, 6.07) is 0.143. The van der Waals surface area contributed by atoms with Crippen LogP contribution in [-0.4, -0.2) is 45.8 Å². The summed E-state index contributed by atoms with van der Waals surface area (Å²) in [4.78, 5) is 22.7. The molecule has 1 fully saturated rings. The molecule has 1 amide bonds. The summed E-state index contributed by atoms with van der Waals surface area (Å²) >= 11 is 1.34. The smallest absolute Gasteiger partial charge is 0.217 e. The number of hydrogen-bond acceptors (Lipinski definition) is 7. The maximum atomic E-state index is 11.1. The first kappa shape index (κ1) is 15.7. The standard InChI is InChI=1S/C15H18N6OS/c1-7(8(2)16)11-12-13(23-14(11)17)15(19-6-18-12)21-4-10(5-21)20-9(3)22/h6,10,16-17H,4-5H2,1-3H3,(H,20,22)/b11-7-,16-8?,17-14?. The van der Waals surface area contributed by atoms with Crippen LogP contribution >= 0.6 is 11.8 Å². The van der Waals surface area contributed by atoms with E-state index in [1.54, 1.807) is 6.92 Å². The Bertz CT molecular complexity index is 750. The summed E-state index contributed by atoms with van der Waals surface area (Å²) in [5, 5.41) is 19.3. The first-order valence-corrected chi connectivity index (χ1v) is 8.10. The Morgan fingerprint density at radius 3 is 2.65 bits per heavy atom. The van der Waals surface area contributed by atoms with Gasteiger partial charge in [-0.15, -0.1) is 0 Å². The molecule has 120 valence electrons. The molecule has 3 heterocycles. The van der Waals surface area contributed by atoms with E-state index in [9.17, 15) is 4.79 Å². The lowest BCUT2D eigenvalue weighted by atomic mass is 10.0. The molecule has 0 saturated carbocycles. The first-order chi connectivity index (χ1) is 10.9. The fourth-order valence-electron chi connectivity index (χ4n) is 2.69. The summed E-state index contributed by atoms with van der Waals surface area (Å²) in [6.07, 6.45) is 1.51. The minimum atomic E-state index is -0.0268. The Kier molecular flexibility index (Phi) is 3.93. The lowest BCUT2D eigenvalue weighted by Gasteiger charge is -2.40. The Labute approximate surface area is 138 Å². The maximum Gasteiger partial charge on any atom is 0.217 e. The van der Waals surface area contributed by atoms with Crippen molar-refractivity contribution >= 4 is 39.8 Å². The van der Waals surface area contributed by atoms with Gasteiger partial charge < -0.3 is 15.6 Å². The maximum absolute atomic E-state index is 11.1. The molecule has 3 N–H and O–H groups in total. The molecule has 0 atom stereocenters. The molecule has 2 aliphatic heterocycles. The van der Waals surface area contributed by atoms with Crippen LogP contribution in [-0.2, 0) is 4.79 Å². The van der Waals surface area contributed by atoms with E-state index >= 15 is 0 Å². The van der Waals surface area contributed by atoms with Crippen LogP contribution in [0.3, 0.4) is 0 Å². The van der Waals surface area contributed by atoms with Crippen LogP contribution in [0, 0.1) is 10.8 Å². The van der Waals surface area contributed by atoms with Crippen molar-refractivity contribution in [2.75, 3.05) is 18.0 Å². The zero-order chi connectivity index (χ0) is 16.7. The van der Waals surface area contributed by atoms with E-state index in [2.05, 4.69) is 20.2 Å². The van der Waals surface area contributed by atoms with Gasteiger partial charge in [-0.25, -0.2) is 9.97 Å². The van der Waals surface area contributed by atoms with Gasteiger partial charge in [0.05, 0.1) is 16.6 Å². The number of nitrogens with zero attached hydrogens (tertiary/aromatic N) is 3. The molecule has 1 saturated heterocycles. The Morgan fingerprint density at radius 1 is 1.35 bits per heavy atom. The number of rotatable bonds is 3. The van der Waals surface area contributed by atoms with Gasteiger partial charge in [0.1, 0.15) is 17.2 Å². The van der Waals surface area contributed by atoms with Gasteiger partial charge in [-0.1, -0.05) is 11.8 Å². The second-order valence-corrected chi connectivity index (χ2v) is 6.75. The molecule has 1 aromatic heterocycles. The Hall–Kier alpha value is -2.22. The second kappa shape index (κ2) is 5.77. The highest BCUT2D eigenvalue weighted by atomic mass is 32.2. The molecular weight excluding hydrogens is 312 g/mol. The predicted molar refractivity (Wildman–Crippen MR) is 91.4 cm³/mol. The van der Waals surface area contributed by atoms with Gasteiger partial charge in [-0.05, 0) is 19.4 Å². The number of anilines is 1. The number of thioether (sulfide) groups is 1. The molecule has 0 spiro atoms. The number of hydrogen-bond donors (Lipinski definition) is 3. The van der Waals surface area contributed by atoms with Crippen LogP contribution in [0.5, 0.6) is 0 Å². The number of aromatic nitrogens is 2. The Morgan fingerprint density at radius 2 is 2.04 bits per heavy atom. The van der Waals surface area contributed by atoms with Gasteiger partial charge in [0, 0.05) is 31.3 Å². The van der Waals surface area contributed by atoms with E-state index in [1.807, 2.05) is 6.92 Å². The van der Waals surface area contributed by atoms with Crippen LogP contribution in [0.2, 0.25) is 0 Å². The topological polar surface area (TPSA) is 106 Å². The fraction of sp³-hybridized carbons (Fsp3) is 0.400. The summed E-state index contributed by atoms with van der Waals surface area (Å²) in [7, 11) is 0. The number of carbonyl (C=O) groups excluding carboxylic acids is 1. The monoisotopic (exact) mass is 330 g/mol. The summed E-state index contributed by atoms with van der Waals surface area (Å²) in [6.45, 7) is 6.49. The van der Waals surface area contributed by atoms with E-state index in [0.29, 0.717) is 23.8 Å². The third-order valence-corrected chi connectivity index (χ3v) is 4.97. The van der Waals surface area contributed by atoms with Gasteiger partial charge >= 0.3 is 0 Å². The van der Waals surface area contributed by atoms with Crippen molar-refractivity contribution in [1.82, 2.24) is 15.3 Å². The lowest BCUT2D eigenvalue weighted by molar-refractivity contribution is -0.119. The quantitative estimate of drug-likeness (QED) is 0.731. The van der Waals surface area contributed by atoms with Crippen molar-refractivity contribution in [3.8, 4) is 0 Å². The predicted octanol–water partition coefficient (Wildman–Crippen LogP) is 1.70. The SMILES string of the molecule is CC(=N)/C(C)=C1\C(=N)Sc2c1ncnc2N1CC(NC(C)=O)C1. The summed E-state index contributed by atoms with van der Waals surface area (Å²) < 4.78 is 0. The van der Waals surface area contributed by atoms with Crippen LogP contribution in [0.25, 0.3) is 5.57 Å². The molecule has 23 heavy (non-hydrogen) atoms. The Balaban J connectivity index is 1.91. The summed E-state index contributed by atoms with van der Waals surface area (Å²) in [5.74, 6) is 0.776. The van der Waals surface area contributed by atoms with E-state index in [4.69, 9.17) is 10.8 Å². The van der Waals surface area contributed by atoms with Crippen LogP contribution in [0.4, 0.5) is 5.82 Å². The largest absolute Gasteiger partial charge is 0.351 e. The molecule has 0 radical (unpaired) electrons. The number of nitrogens with one attached hydrogen (secondary N) is 3. The molecule has 0 aromatic carbocycles. The first-order valence-electron chi connectivity index (χ1n) is 7.29. The highest BCUT2D eigenvalue weighted by molar-refractivity contribution is 8.15. The third-order valence-electron chi connectivity index (χ3n) is 3.98. The average Bonchev–Trinajstić information content (AvgIpc) is 2.77. The fourth-order valence-corrected chi connectivity index (χ4v) is 3.77. The van der Waals surface area contributed by atoms with E-state index < -0.39 is 0 Å². The van der Waals surface area contributed by atoms with Gasteiger partial charge in [0.2, 0.25) is 5.91 Å². The number of amides is 1. The minimum Gasteiger partial charge on any atom is -0.351 e. The molecule has 0 bridgehead atoms. The molecule has 0 unspecified atom stereocenters. The molecule has 7 nitrogen and oxygen atoms in total. The number of allylic oxidation sites excluding steroid dienone is 1. The van der Waals surface area contributed by atoms with Crippen LogP contribution in [0.1, 0.15) is 26.5 Å². The summed E-state index contributed by atoms with van der Waals surface area (Å²) in [5.41, 5.74) is 2.66. The van der Waals surface area contributed by atoms with E-state index in [1.165, 1.54) is 25.0 Å². The second-order valence-electron chi connectivity index (χ2n) is 5.73. The van der Waals surface area contributed by atoms with Crippen LogP contribution in [0.15, 0.2) is 16.8 Å². The van der Waals surface area contributed by atoms with Crippen molar-refractivity contribution in [2.24, 2.45) is 0 Å². The van der Waals surface area contributed by atoms with Crippen molar-refractivity contribution in [2.45, 2.75) is 31.7 Å². The molecule has 8 heteroatoms. The van der Waals surface area contributed by atoms with Crippen molar-refractivity contribution in [1.29, 1.82) is 10.8 Å². The molecule has 1 aromatic rings. The van der Waals surface area contributed by atoms with Crippen molar-refractivity contribution < 1.29 is 4.79 Å². The van der Waals surface area contributed by atoms with Crippen LogP contribution < -0.4 is 10.2 Å². The van der Waals surface area contributed by atoms with Crippen molar-refractivity contribution in [3.05, 3.63) is 17.6 Å². The van der Waals surface area contributed by atoms with E-state index in [-0.39, 0.29) is 11.9 Å². The van der Waals surface area contributed by atoms with Crippen molar-refractivity contribution in [3.63, 3.8) is 0 Å². The number of carbonyl (C=O) groups is 1. The molecule has 0 aliphatic carbocycles. The average molecular weight is 330 g/mol. The van der Waals surface area contributed by atoms with Gasteiger partial charge in [-0.2, -0.15) is 0 Å². The number of fused-ring (bicyclic) bond motifs is 1. The third kappa shape index (κ3) is 2.74.